The Morgan fingerprint density at radius 1 is 1.06 bits per heavy atom. The lowest BCUT2D eigenvalue weighted by molar-refractivity contribution is -0.136. The fraction of sp³-hybridized carbons (Fsp3) is 0.357. The van der Waals surface area contributed by atoms with Crippen LogP contribution in [0.1, 0.15) is 17.5 Å². The predicted molar refractivity (Wildman–Crippen MR) is 67.9 cm³/mol. The van der Waals surface area contributed by atoms with E-state index in [1.807, 2.05) is 18.2 Å². The lowest BCUT2D eigenvalue weighted by Gasteiger charge is -2.20. The van der Waals surface area contributed by atoms with Crippen LogP contribution in [-0.2, 0) is 16.0 Å². The first kappa shape index (κ1) is 12.5. The Morgan fingerprint density at radius 2 is 1.72 bits per heavy atom. The van der Waals surface area contributed by atoms with Crippen molar-refractivity contribution >= 4 is 12.0 Å². The van der Waals surface area contributed by atoms with Crippen LogP contribution < -0.4 is 9.47 Å². The smallest absolute Gasteiger partial charge is 0.333 e. The number of rotatable bonds is 3. The van der Waals surface area contributed by atoms with Gasteiger partial charge in [0.15, 0.2) is 0 Å². The summed E-state index contributed by atoms with van der Waals surface area (Å²) in [7, 11) is 4.64. The summed E-state index contributed by atoms with van der Waals surface area (Å²) < 4.78 is 15.4. The highest BCUT2D eigenvalue weighted by Gasteiger charge is 2.22. The van der Waals surface area contributed by atoms with Gasteiger partial charge in [0.1, 0.15) is 11.5 Å². The number of hydrogen-bond donors (Lipinski definition) is 0. The summed E-state index contributed by atoms with van der Waals surface area (Å²) in [6.45, 7) is 0. The van der Waals surface area contributed by atoms with Gasteiger partial charge in [-0.2, -0.15) is 0 Å². The minimum absolute atomic E-state index is 0.287. The summed E-state index contributed by atoms with van der Waals surface area (Å²) in [5.74, 6) is 1.28. The van der Waals surface area contributed by atoms with Crippen LogP contribution in [0.2, 0.25) is 0 Å². The van der Waals surface area contributed by atoms with Crippen molar-refractivity contribution in [2.24, 2.45) is 0 Å². The normalized spacial score (nSPS) is 13.4. The van der Waals surface area contributed by atoms with Crippen LogP contribution in [-0.4, -0.2) is 27.3 Å². The van der Waals surface area contributed by atoms with Crippen LogP contribution in [0.3, 0.4) is 0 Å². The molecular formula is C14H16O4. The van der Waals surface area contributed by atoms with Gasteiger partial charge in [0.05, 0.1) is 21.3 Å². The maximum absolute atomic E-state index is 11.6. The van der Waals surface area contributed by atoms with Crippen molar-refractivity contribution in [1.82, 2.24) is 0 Å². The van der Waals surface area contributed by atoms with E-state index in [0.717, 1.165) is 29.0 Å². The number of fused-ring (bicyclic) bond motifs is 1. The average Bonchev–Trinajstić information content (AvgIpc) is 2.44. The van der Waals surface area contributed by atoms with E-state index in [9.17, 15) is 4.79 Å². The Bertz CT molecular complexity index is 503. The van der Waals surface area contributed by atoms with Gasteiger partial charge in [-0.3, -0.25) is 0 Å². The van der Waals surface area contributed by atoms with Gasteiger partial charge < -0.3 is 14.2 Å². The van der Waals surface area contributed by atoms with Crippen LogP contribution >= 0.6 is 0 Å². The molecule has 0 saturated carbocycles. The fourth-order valence-corrected chi connectivity index (χ4v) is 2.21. The zero-order chi connectivity index (χ0) is 13.1. The van der Waals surface area contributed by atoms with Crippen molar-refractivity contribution in [3.63, 3.8) is 0 Å². The van der Waals surface area contributed by atoms with E-state index in [-0.39, 0.29) is 5.97 Å². The van der Waals surface area contributed by atoms with Crippen LogP contribution in [0.5, 0.6) is 11.5 Å². The van der Waals surface area contributed by atoms with Crippen LogP contribution in [0.25, 0.3) is 6.08 Å². The monoisotopic (exact) mass is 248 g/mol. The van der Waals surface area contributed by atoms with Gasteiger partial charge in [-0.05, 0) is 31.1 Å². The molecule has 0 amide bonds. The molecule has 1 aliphatic rings. The number of ether oxygens (including phenoxy) is 3. The maximum atomic E-state index is 11.6. The molecule has 18 heavy (non-hydrogen) atoms. The lowest BCUT2D eigenvalue weighted by atomic mass is 9.91. The summed E-state index contributed by atoms with van der Waals surface area (Å²) in [5, 5.41) is 0. The number of carbonyl (C=O) groups is 1. The van der Waals surface area contributed by atoms with Crippen LogP contribution in [0, 0.1) is 0 Å². The number of methoxy groups -OCH3 is 3. The maximum Gasteiger partial charge on any atom is 0.333 e. The molecule has 0 heterocycles. The highest BCUT2D eigenvalue weighted by Crippen LogP contribution is 2.37. The van der Waals surface area contributed by atoms with Gasteiger partial charge in [-0.25, -0.2) is 4.79 Å². The third-order valence-corrected chi connectivity index (χ3v) is 3.12. The third-order valence-electron chi connectivity index (χ3n) is 3.12. The number of hydrogen-bond acceptors (Lipinski definition) is 4. The molecule has 0 aliphatic heterocycles. The Kier molecular flexibility index (Phi) is 3.55. The molecule has 1 aliphatic carbocycles. The Labute approximate surface area is 106 Å². The molecule has 2 rings (SSSR count). The third kappa shape index (κ3) is 2.06. The van der Waals surface area contributed by atoms with Crippen molar-refractivity contribution in [2.45, 2.75) is 12.8 Å². The largest absolute Gasteiger partial charge is 0.496 e. The summed E-state index contributed by atoms with van der Waals surface area (Å²) >= 11 is 0. The minimum Gasteiger partial charge on any atom is -0.496 e. The minimum atomic E-state index is -0.287. The van der Waals surface area contributed by atoms with Crippen molar-refractivity contribution < 1.29 is 19.0 Å². The van der Waals surface area contributed by atoms with Gasteiger partial charge in [0.25, 0.3) is 0 Å². The van der Waals surface area contributed by atoms with Crippen molar-refractivity contribution in [1.29, 1.82) is 0 Å². The number of benzene rings is 1. The average molecular weight is 248 g/mol. The second-order valence-electron chi connectivity index (χ2n) is 4.02. The molecule has 4 heteroatoms. The van der Waals surface area contributed by atoms with E-state index in [1.54, 1.807) is 14.2 Å². The van der Waals surface area contributed by atoms with Gasteiger partial charge in [-0.15, -0.1) is 0 Å². The lowest BCUT2D eigenvalue weighted by Crippen LogP contribution is -2.11. The highest BCUT2D eigenvalue weighted by molar-refractivity contribution is 5.95. The zero-order valence-electron chi connectivity index (χ0n) is 10.8. The van der Waals surface area contributed by atoms with Crippen molar-refractivity contribution in [2.75, 3.05) is 21.3 Å². The number of carbonyl (C=O) groups excluding carboxylic acids is 1. The summed E-state index contributed by atoms with van der Waals surface area (Å²) in [5.41, 5.74) is 2.64. The van der Waals surface area contributed by atoms with E-state index < -0.39 is 0 Å². The second-order valence-corrected chi connectivity index (χ2v) is 4.02. The van der Waals surface area contributed by atoms with E-state index in [1.165, 1.54) is 7.11 Å². The topological polar surface area (TPSA) is 44.8 Å². The molecule has 1 aromatic carbocycles. The van der Waals surface area contributed by atoms with Crippen LogP contribution in [0.4, 0.5) is 0 Å². The van der Waals surface area contributed by atoms with Gasteiger partial charge in [-0.1, -0.05) is 0 Å². The first-order valence-corrected chi connectivity index (χ1v) is 5.74. The zero-order valence-corrected chi connectivity index (χ0v) is 10.8. The van der Waals surface area contributed by atoms with Gasteiger partial charge >= 0.3 is 5.97 Å². The fourth-order valence-electron chi connectivity index (χ4n) is 2.21. The molecule has 0 bridgehead atoms. The standard InChI is InChI=1S/C14H16O4/c1-16-12-6-7-13(17-2)11-8-9(14(15)18-3)4-5-10(11)12/h6-8H,4-5H2,1-3H3. The van der Waals surface area contributed by atoms with E-state index in [2.05, 4.69) is 0 Å². The van der Waals surface area contributed by atoms with Crippen molar-refractivity contribution in [3.05, 3.63) is 28.8 Å². The van der Waals surface area contributed by atoms with Crippen LogP contribution in [0.15, 0.2) is 17.7 Å². The first-order valence-electron chi connectivity index (χ1n) is 5.74. The molecule has 0 atom stereocenters. The second kappa shape index (κ2) is 5.12. The Hall–Kier alpha value is -1.97. The SMILES string of the molecule is COC(=O)C1=Cc2c(OC)ccc(OC)c2CC1. The quantitative estimate of drug-likeness (QED) is 0.769. The Balaban J connectivity index is 2.53. The first-order chi connectivity index (χ1) is 8.71. The summed E-state index contributed by atoms with van der Waals surface area (Å²) in [4.78, 5) is 11.6. The molecule has 96 valence electrons. The van der Waals surface area contributed by atoms with Gasteiger partial charge in [0.2, 0.25) is 0 Å². The van der Waals surface area contributed by atoms with E-state index in [4.69, 9.17) is 14.2 Å². The molecule has 0 unspecified atom stereocenters. The molecule has 0 saturated heterocycles. The van der Waals surface area contributed by atoms with E-state index >= 15 is 0 Å². The molecule has 1 aromatic rings. The van der Waals surface area contributed by atoms with Gasteiger partial charge in [0, 0.05) is 16.7 Å². The molecule has 0 fully saturated rings. The molecule has 0 spiro atoms. The molecule has 4 nitrogen and oxygen atoms in total. The molecule has 0 N–H and O–H groups in total. The molecule has 0 aromatic heterocycles. The Morgan fingerprint density at radius 3 is 2.33 bits per heavy atom. The summed E-state index contributed by atoms with van der Waals surface area (Å²) in [6, 6.07) is 3.73. The highest BCUT2D eigenvalue weighted by atomic mass is 16.5. The van der Waals surface area contributed by atoms with E-state index in [0.29, 0.717) is 12.0 Å². The number of esters is 1. The molecular weight excluding hydrogens is 232 g/mol. The molecule has 0 radical (unpaired) electrons. The van der Waals surface area contributed by atoms with Crippen molar-refractivity contribution in [3.8, 4) is 11.5 Å². The summed E-state index contributed by atoms with van der Waals surface area (Å²) in [6.07, 6.45) is 3.23. The predicted octanol–water partition coefficient (Wildman–Crippen LogP) is 2.21.